The molecule has 0 aliphatic carbocycles. The van der Waals surface area contributed by atoms with E-state index in [0.29, 0.717) is 0 Å². The van der Waals surface area contributed by atoms with E-state index in [9.17, 15) is 0 Å². The normalized spacial score (nSPS) is 0. The Bertz CT molecular complexity index is 27.5. The summed E-state index contributed by atoms with van der Waals surface area (Å²) in [5.74, 6) is 0. The van der Waals surface area contributed by atoms with E-state index < -0.39 is 0 Å². The first-order valence-electron chi connectivity index (χ1n) is 0. The van der Waals surface area contributed by atoms with E-state index in [-0.39, 0.29) is 304 Å². The van der Waals surface area contributed by atoms with Crippen LogP contribution in [0.5, 0.6) is 0 Å². The van der Waals surface area contributed by atoms with Crippen LogP contribution in [0.4, 0.5) is 0 Å². The molecular weight excluding hydrogens is 974 g/mol. The molecule has 30 heteroatoms. The van der Waals surface area contributed by atoms with E-state index in [1.165, 1.54) is 0 Å². The molecule has 0 aromatic heterocycles. The first-order valence-corrected chi connectivity index (χ1v) is 0. The summed E-state index contributed by atoms with van der Waals surface area (Å²) < 4.78 is 0. The van der Waals surface area contributed by atoms with Gasteiger partial charge in [0.1, 0.15) is 0 Å². The van der Waals surface area contributed by atoms with Crippen molar-refractivity contribution in [3.05, 3.63) is 0 Å². The predicted octanol–water partition coefficient (Wildman–Crippen LogP) is -16.5. The fraction of sp³-hybridized carbons (Fsp3) is 0. The van der Waals surface area contributed by atoms with Crippen LogP contribution in [0.2, 0.25) is 0 Å². The zero-order valence-corrected chi connectivity index (χ0v) is 46.7. The van der Waals surface area contributed by atoms with Crippen LogP contribution in [0.1, 0.15) is 0 Å². The smallest absolute Gasteiger partial charge is 0 e. The van der Waals surface area contributed by atoms with Gasteiger partial charge >= 0.3 is 0 Å². The number of rotatable bonds is 0. The maximum atomic E-state index is 0. The summed E-state index contributed by atoms with van der Waals surface area (Å²) in [4.78, 5) is 0. The van der Waals surface area contributed by atoms with Crippen LogP contribution in [-0.4, -0.2) is 110 Å². The molecule has 0 aromatic carbocycles. The SMILES string of the molecule is O.O.O.O.O.O.O.O.O.O.O.O.O.O.O.O.O.O.O.O.[Zn].[Zn].[Zn].[Zn].[Zn].[Zn].[Zn].[Zn].[Zn].[Zn]. The average Bonchev–Trinajstić information content (AvgIpc) is 0. The molecule has 0 unspecified atom stereocenters. The van der Waals surface area contributed by atoms with Gasteiger partial charge < -0.3 is 110 Å². The standard InChI is InChI=1S/20H2O.10Zn/h20*1H2;;;;;;;;;;. The summed E-state index contributed by atoms with van der Waals surface area (Å²) in [5, 5.41) is 0. The summed E-state index contributed by atoms with van der Waals surface area (Å²) in [6.07, 6.45) is 0. The second-order valence-electron chi connectivity index (χ2n) is 0. The molecule has 0 radical (unpaired) electrons. The van der Waals surface area contributed by atoms with Crippen molar-refractivity contribution in [3.8, 4) is 0 Å². The third-order valence-electron chi connectivity index (χ3n) is 0. The molecule has 0 aliphatic heterocycles. The van der Waals surface area contributed by atoms with Crippen LogP contribution in [0.15, 0.2) is 0 Å². The molecule has 0 spiro atoms. The minimum Gasteiger partial charge on any atom is -0.412 e. The Balaban J connectivity index is 0. The van der Waals surface area contributed by atoms with E-state index in [1.54, 1.807) is 0 Å². The van der Waals surface area contributed by atoms with Gasteiger partial charge in [0, 0.05) is 195 Å². The molecule has 0 bridgehead atoms. The molecule has 0 saturated carbocycles. The van der Waals surface area contributed by atoms with Crippen molar-refractivity contribution in [2.75, 3.05) is 0 Å². The van der Waals surface area contributed by atoms with E-state index in [4.69, 9.17) is 0 Å². The zero-order chi connectivity index (χ0) is 0. The minimum atomic E-state index is 0. The second kappa shape index (κ2) is 1300. The second-order valence-corrected chi connectivity index (χ2v) is 0. The first-order chi connectivity index (χ1) is 0. The van der Waals surface area contributed by atoms with Crippen molar-refractivity contribution in [1.82, 2.24) is 0 Å². The van der Waals surface area contributed by atoms with E-state index in [1.807, 2.05) is 0 Å². The summed E-state index contributed by atoms with van der Waals surface area (Å²) in [6, 6.07) is 0. The van der Waals surface area contributed by atoms with Crippen molar-refractivity contribution in [2.45, 2.75) is 0 Å². The Hall–Kier alpha value is 5.43. The van der Waals surface area contributed by atoms with Gasteiger partial charge in [-0.25, -0.2) is 0 Å². The van der Waals surface area contributed by atoms with Crippen molar-refractivity contribution in [3.63, 3.8) is 0 Å². The Morgan fingerprint density at radius 3 is 0.0667 bits per heavy atom. The van der Waals surface area contributed by atoms with Gasteiger partial charge in [-0.3, -0.25) is 0 Å². The van der Waals surface area contributed by atoms with Crippen LogP contribution >= 0.6 is 0 Å². The average molecular weight is 1010 g/mol. The third kappa shape index (κ3) is 1190. The maximum absolute atomic E-state index is 0. The number of hydrogen-bond donors (Lipinski definition) is 0. The van der Waals surface area contributed by atoms with Gasteiger partial charge in [0.2, 0.25) is 0 Å². The predicted molar refractivity (Wildman–Crippen MR) is 72.3 cm³/mol. The van der Waals surface area contributed by atoms with Gasteiger partial charge in [-0.1, -0.05) is 0 Å². The van der Waals surface area contributed by atoms with E-state index in [2.05, 4.69) is 0 Å². The molecule has 0 fully saturated rings. The summed E-state index contributed by atoms with van der Waals surface area (Å²) >= 11 is 0. The molecule has 0 aromatic rings. The van der Waals surface area contributed by atoms with E-state index >= 15 is 0 Å². The minimum absolute atomic E-state index is 0. The van der Waals surface area contributed by atoms with Gasteiger partial charge in [0.25, 0.3) is 0 Å². The molecule has 20 nitrogen and oxygen atoms in total. The number of hydrogen-bond acceptors (Lipinski definition) is 0. The van der Waals surface area contributed by atoms with Crippen molar-refractivity contribution >= 4 is 0 Å². The van der Waals surface area contributed by atoms with Gasteiger partial charge in [0.15, 0.2) is 0 Å². The Kier molecular flexibility index (Phi) is 61800. The van der Waals surface area contributed by atoms with Gasteiger partial charge in [-0.15, -0.1) is 0 Å². The molecule has 180 valence electrons. The molecule has 40 N–H and O–H groups in total. The zero-order valence-electron chi connectivity index (χ0n) is 17.1. The molecule has 0 amide bonds. The van der Waals surface area contributed by atoms with Crippen molar-refractivity contribution in [1.29, 1.82) is 0 Å². The van der Waals surface area contributed by atoms with Crippen LogP contribution in [0.3, 0.4) is 0 Å². The monoisotopic (exact) mass is 1000 g/mol. The maximum Gasteiger partial charge on any atom is 0 e. The van der Waals surface area contributed by atoms with Crippen LogP contribution in [0.25, 0.3) is 0 Å². The van der Waals surface area contributed by atoms with Gasteiger partial charge in [-0.2, -0.15) is 0 Å². The molecular formula is H40O20Zn10. The fourth-order valence-corrected chi connectivity index (χ4v) is 0. The molecule has 0 aliphatic rings. The molecule has 0 rings (SSSR count). The van der Waals surface area contributed by atoms with Gasteiger partial charge in [-0.05, 0) is 0 Å². The third-order valence-corrected chi connectivity index (χ3v) is 0. The first kappa shape index (κ1) is 1420. The Morgan fingerprint density at radius 2 is 0.0667 bits per heavy atom. The Labute approximate surface area is 300 Å². The molecule has 0 heterocycles. The van der Waals surface area contributed by atoms with E-state index in [0.717, 1.165) is 0 Å². The largest absolute Gasteiger partial charge is 0.412 e. The molecule has 0 saturated heterocycles. The van der Waals surface area contributed by atoms with Crippen LogP contribution in [0, 0.1) is 0 Å². The topological polar surface area (TPSA) is 630 Å². The summed E-state index contributed by atoms with van der Waals surface area (Å²) in [6.45, 7) is 0. The summed E-state index contributed by atoms with van der Waals surface area (Å²) in [5.41, 5.74) is 0. The fourth-order valence-electron chi connectivity index (χ4n) is 0. The Morgan fingerprint density at radius 1 is 0.0667 bits per heavy atom. The summed E-state index contributed by atoms with van der Waals surface area (Å²) in [7, 11) is 0. The van der Waals surface area contributed by atoms with Crippen molar-refractivity contribution in [2.24, 2.45) is 0 Å². The van der Waals surface area contributed by atoms with Crippen molar-refractivity contribution < 1.29 is 304 Å². The molecule has 30 heavy (non-hydrogen) atoms. The molecule has 0 atom stereocenters. The van der Waals surface area contributed by atoms with Crippen LogP contribution in [-0.2, 0) is 195 Å². The quantitative estimate of drug-likeness (QED) is 0.204. The van der Waals surface area contributed by atoms with Crippen LogP contribution < -0.4 is 0 Å². The van der Waals surface area contributed by atoms with Gasteiger partial charge in [0.05, 0.1) is 0 Å².